The van der Waals surface area contributed by atoms with Gasteiger partial charge in [0.2, 0.25) is 0 Å². The zero-order chi connectivity index (χ0) is 11.8. The van der Waals surface area contributed by atoms with E-state index in [0.717, 1.165) is 24.5 Å². The van der Waals surface area contributed by atoms with Gasteiger partial charge in [-0.1, -0.05) is 24.3 Å². The van der Waals surface area contributed by atoms with E-state index < -0.39 is 0 Å². The standard InChI is InChI=1S/C14H17N3/c1-10-5-3-4-6-12(10)13-9-14-15-11(2)7-8-17(14)16-13/h3-6,9,11,15H,7-8H2,1-2H3. The third-order valence-corrected chi connectivity index (χ3v) is 3.37. The molecule has 0 radical (unpaired) electrons. The molecule has 0 fully saturated rings. The minimum atomic E-state index is 0.545. The Balaban J connectivity index is 2.03. The van der Waals surface area contributed by atoms with Gasteiger partial charge in [0, 0.05) is 24.2 Å². The van der Waals surface area contributed by atoms with Gasteiger partial charge in [0.25, 0.3) is 0 Å². The van der Waals surface area contributed by atoms with Crippen molar-refractivity contribution in [2.24, 2.45) is 0 Å². The monoisotopic (exact) mass is 227 g/mol. The third-order valence-electron chi connectivity index (χ3n) is 3.37. The molecule has 1 aromatic heterocycles. The quantitative estimate of drug-likeness (QED) is 0.811. The normalized spacial score (nSPS) is 18.6. The van der Waals surface area contributed by atoms with Crippen LogP contribution in [-0.4, -0.2) is 15.8 Å². The Morgan fingerprint density at radius 3 is 3.00 bits per heavy atom. The second-order valence-corrected chi connectivity index (χ2v) is 4.79. The number of fused-ring (bicyclic) bond motifs is 1. The maximum absolute atomic E-state index is 4.67. The van der Waals surface area contributed by atoms with Crippen molar-refractivity contribution >= 4 is 5.82 Å². The van der Waals surface area contributed by atoms with Gasteiger partial charge in [0.05, 0.1) is 5.69 Å². The molecule has 17 heavy (non-hydrogen) atoms. The van der Waals surface area contributed by atoms with Crippen molar-refractivity contribution in [1.82, 2.24) is 9.78 Å². The number of hydrogen-bond acceptors (Lipinski definition) is 2. The van der Waals surface area contributed by atoms with Gasteiger partial charge in [-0.3, -0.25) is 0 Å². The van der Waals surface area contributed by atoms with Gasteiger partial charge < -0.3 is 5.32 Å². The van der Waals surface area contributed by atoms with Gasteiger partial charge in [-0.15, -0.1) is 0 Å². The second kappa shape index (κ2) is 3.91. The van der Waals surface area contributed by atoms with E-state index in [1.165, 1.54) is 11.1 Å². The van der Waals surface area contributed by atoms with Crippen LogP contribution in [0.2, 0.25) is 0 Å². The summed E-state index contributed by atoms with van der Waals surface area (Å²) in [5, 5.41) is 8.14. The first kappa shape index (κ1) is 10.4. The Kier molecular flexibility index (Phi) is 2.39. The number of nitrogens with zero attached hydrogens (tertiary/aromatic N) is 2. The summed E-state index contributed by atoms with van der Waals surface area (Å²) in [6.45, 7) is 5.35. The molecule has 88 valence electrons. The Hall–Kier alpha value is -1.77. The molecule has 3 rings (SSSR count). The summed E-state index contributed by atoms with van der Waals surface area (Å²) in [5.41, 5.74) is 3.57. The average Bonchev–Trinajstić information content (AvgIpc) is 2.72. The third kappa shape index (κ3) is 1.82. The van der Waals surface area contributed by atoms with Gasteiger partial charge in [0.15, 0.2) is 0 Å². The smallest absolute Gasteiger partial charge is 0.125 e. The molecule has 2 heterocycles. The summed E-state index contributed by atoms with van der Waals surface area (Å²) in [6.07, 6.45) is 1.14. The predicted octanol–water partition coefficient (Wildman–Crippen LogP) is 3.06. The van der Waals surface area contributed by atoms with E-state index in [2.05, 4.69) is 59.3 Å². The van der Waals surface area contributed by atoms with Crippen molar-refractivity contribution < 1.29 is 0 Å². The molecular formula is C14H17N3. The Bertz CT molecular complexity index is 542. The number of aromatic nitrogens is 2. The molecule has 0 amide bonds. The van der Waals surface area contributed by atoms with E-state index in [9.17, 15) is 0 Å². The summed E-state index contributed by atoms with van der Waals surface area (Å²) in [4.78, 5) is 0. The number of hydrogen-bond donors (Lipinski definition) is 1. The molecule has 1 N–H and O–H groups in total. The summed E-state index contributed by atoms with van der Waals surface area (Å²) in [7, 11) is 0. The molecule has 0 spiro atoms. The molecular weight excluding hydrogens is 210 g/mol. The first-order chi connectivity index (χ1) is 8.24. The largest absolute Gasteiger partial charge is 0.368 e. The van der Waals surface area contributed by atoms with E-state index in [1.54, 1.807) is 0 Å². The average molecular weight is 227 g/mol. The molecule has 1 aliphatic rings. The highest BCUT2D eigenvalue weighted by Gasteiger charge is 2.17. The SMILES string of the molecule is Cc1ccccc1-c1cc2n(n1)CCC(C)N2. The van der Waals surface area contributed by atoms with Crippen LogP contribution in [-0.2, 0) is 6.54 Å². The molecule has 2 aromatic rings. The van der Waals surface area contributed by atoms with Gasteiger partial charge in [-0.25, -0.2) is 4.68 Å². The molecule has 1 atom stereocenters. The van der Waals surface area contributed by atoms with Crippen LogP contribution in [0.1, 0.15) is 18.9 Å². The van der Waals surface area contributed by atoms with Gasteiger partial charge >= 0.3 is 0 Å². The molecule has 0 saturated heterocycles. The van der Waals surface area contributed by atoms with Crippen molar-refractivity contribution in [3.8, 4) is 11.3 Å². The molecule has 1 unspecified atom stereocenters. The molecule has 0 aliphatic carbocycles. The lowest BCUT2D eigenvalue weighted by Gasteiger charge is -2.21. The van der Waals surface area contributed by atoms with Crippen molar-refractivity contribution in [1.29, 1.82) is 0 Å². The van der Waals surface area contributed by atoms with Crippen LogP contribution in [0.4, 0.5) is 5.82 Å². The second-order valence-electron chi connectivity index (χ2n) is 4.79. The zero-order valence-electron chi connectivity index (χ0n) is 10.3. The molecule has 1 aliphatic heterocycles. The predicted molar refractivity (Wildman–Crippen MR) is 70.1 cm³/mol. The Morgan fingerprint density at radius 2 is 2.18 bits per heavy atom. The van der Waals surface area contributed by atoms with Crippen LogP contribution in [0.5, 0.6) is 0 Å². The lowest BCUT2D eigenvalue weighted by Crippen LogP contribution is -2.25. The highest BCUT2D eigenvalue weighted by Crippen LogP contribution is 2.27. The zero-order valence-corrected chi connectivity index (χ0v) is 10.3. The van der Waals surface area contributed by atoms with Crippen molar-refractivity contribution in [2.45, 2.75) is 32.9 Å². The van der Waals surface area contributed by atoms with Gasteiger partial charge in [0.1, 0.15) is 5.82 Å². The minimum Gasteiger partial charge on any atom is -0.368 e. The summed E-state index contributed by atoms with van der Waals surface area (Å²) in [6, 6.07) is 11.1. The van der Waals surface area contributed by atoms with Crippen LogP contribution in [0.3, 0.4) is 0 Å². The topological polar surface area (TPSA) is 29.9 Å². The number of aryl methyl sites for hydroxylation is 2. The molecule has 0 saturated carbocycles. The fourth-order valence-corrected chi connectivity index (χ4v) is 2.34. The highest BCUT2D eigenvalue weighted by molar-refractivity contribution is 5.66. The maximum Gasteiger partial charge on any atom is 0.125 e. The van der Waals surface area contributed by atoms with Crippen LogP contribution in [0, 0.1) is 6.92 Å². The van der Waals surface area contributed by atoms with Gasteiger partial charge in [-0.2, -0.15) is 5.10 Å². The van der Waals surface area contributed by atoms with E-state index in [1.807, 2.05) is 0 Å². The number of benzene rings is 1. The van der Waals surface area contributed by atoms with Crippen molar-refractivity contribution in [2.75, 3.05) is 5.32 Å². The summed E-state index contributed by atoms with van der Waals surface area (Å²) < 4.78 is 2.07. The van der Waals surface area contributed by atoms with E-state index in [4.69, 9.17) is 0 Å². The minimum absolute atomic E-state index is 0.545. The molecule has 1 aromatic carbocycles. The highest BCUT2D eigenvalue weighted by atomic mass is 15.3. The lowest BCUT2D eigenvalue weighted by molar-refractivity contribution is 0.513. The van der Waals surface area contributed by atoms with Gasteiger partial charge in [-0.05, 0) is 25.8 Å². The van der Waals surface area contributed by atoms with Crippen molar-refractivity contribution in [3.05, 3.63) is 35.9 Å². The first-order valence-electron chi connectivity index (χ1n) is 6.14. The van der Waals surface area contributed by atoms with Crippen molar-refractivity contribution in [3.63, 3.8) is 0 Å². The number of rotatable bonds is 1. The van der Waals surface area contributed by atoms with E-state index in [-0.39, 0.29) is 0 Å². The van der Waals surface area contributed by atoms with E-state index in [0.29, 0.717) is 6.04 Å². The van der Waals surface area contributed by atoms with Crippen LogP contribution < -0.4 is 5.32 Å². The molecule has 3 heteroatoms. The number of nitrogens with one attached hydrogen (secondary N) is 1. The maximum atomic E-state index is 4.67. The van der Waals surface area contributed by atoms with Crippen LogP contribution in [0.25, 0.3) is 11.3 Å². The Morgan fingerprint density at radius 1 is 1.35 bits per heavy atom. The summed E-state index contributed by atoms with van der Waals surface area (Å²) >= 11 is 0. The molecule has 0 bridgehead atoms. The van der Waals surface area contributed by atoms with E-state index >= 15 is 0 Å². The first-order valence-corrected chi connectivity index (χ1v) is 6.14. The molecule has 3 nitrogen and oxygen atoms in total. The van der Waals surface area contributed by atoms with Crippen LogP contribution >= 0.6 is 0 Å². The Labute approximate surface area is 101 Å². The fourth-order valence-electron chi connectivity index (χ4n) is 2.34. The lowest BCUT2D eigenvalue weighted by atomic mass is 10.1. The summed E-state index contributed by atoms with van der Waals surface area (Å²) in [5.74, 6) is 1.14. The van der Waals surface area contributed by atoms with Crippen LogP contribution in [0.15, 0.2) is 30.3 Å². The number of anilines is 1. The fraction of sp³-hybridized carbons (Fsp3) is 0.357.